The zero-order chi connectivity index (χ0) is 25.6. The molecule has 0 fully saturated rings. The standard InChI is InChI=1S/C28H25FN6O2/c29-23-9-5-4-8-22(23)25-17-33-27(31-13-10-19-6-2-1-3-7-19)28(37)35(25)18-26(36)32-16-21-14-20-15-30-12-11-24(20)34-21/h1-9,11-12,14-15,17,34H,10,13,16,18H2,(H,31,33)(H,32,36). The van der Waals surface area contributed by atoms with Crippen LogP contribution in [-0.4, -0.2) is 32.0 Å². The van der Waals surface area contributed by atoms with Gasteiger partial charge in [0.15, 0.2) is 5.82 Å². The van der Waals surface area contributed by atoms with Crippen LogP contribution in [-0.2, 0) is 24.3 Å². The van der Waals surface area contributed by atoms with Crippen molar-refractivity contribution in [1.29, 1.82) is 0 Å². The lowest BCUT2D eigenvalue weighted by atomic mass is 10.1. The molecule has 3 N–H and O–H groups in total. The van der Waals surface area contributed by atoms with Crippen molar-refractivity contribution in [2.45, 2.75) is 19.5 Å². The van der Waals surface area contributed by atoms with E-state index < -0.39 is 17.3 Å². The number of carbonyl (C=O) groups excluding carboxylic acids is 1. The molecule has 0 radical (unpaired) electrons. The molecule has 0 aliphatic heterocycles. The fourth-order valence-electron chi connectivity index (χ4n) is 4.14. The highest BCUT2D eigenvalue weighted by Crippen LogP contribution is 2.21. The van der Waals surface area contributed by atoms with Crippen molar-refractivity contribution in [2.24, 2.45) is 0 Å². The van der Waals surface area contributed by atoms with Gasteiger partial charge in [0.25, 0.3) is 5.56 Å². The second-order valence-electron chi connectivity index (χ2n) is 8.56. The van der Waals surface area contributed by atoms with E-state index in [0.29, 0.717) is 13.0 Å². The Bertz CT molecular complexity index is 1560. The molecule has 0 saturated heterocycles. The Morgan fingerprint density at radius 1 is 1.03 bits per heavy atom. The predicted octanol–water partition coefficient (Wildman–Crippen LogP) is 3.90. The van der Waals surface area contributed by atoms with Gasteiger partial charge in [-0.25, -0.2) is 9.37 Å². The van der Waals surface area contributed by atoms with Crippen LogP contribution in [0, 0.1) is 5.82 Å². The van der Waals surface area contributed by atoms with Gasteiger partial charge < -0.3 is 15.6 Å². The molecule has 3 aromatic heterocycles. The third-order valence-electron chi connectivity index (χ3n) is 6.01. The molecule has 0 saturated carbocycles. The summed E-state index contributed by atoms with van der Waals surface area (Å²) >= 11 is 0. The molecule has 9 heteroatoms. The molecule has 5 rings (SSSR count). The molecule has 2 aromatic carbocycles. The van der Waals surface area contributed by atoms with Crippen LogP contribution in [0.2, 0.25) is 0 Å². The summed E-state index contributed by atoms with van der Waals surface area (Å²) in [5.74, 6) is -0.792. The van der Waals surface area contributed by atoms with Crippen molar-refractivity contribution < 1.29 is 9.18 Å². The van der Waals surface area contributed by atoms with E-state index in [1.807, 2.05) is 42.5 Å². The molecule has 3 heterocycles. The zero-order valence-corrected chi connectivity index (χ0v) is 19.9. The SMILES string of the molecule is O=C(Cn1c(-c2ccccc2F)cnc(NCCc2ccccc2)c1=O)NCc1cc2cnccc2[nH]1. The topological polar surface area (TPSA) is 105 Å². The van der Waals surface area contributed by atoms with E-state index in [1.165, 1.54) is 16.8 Å². The molecule has 0 atom stereocenters. The van der Waals surface area contributed by atoms with Crippen LogP contribution in [0.4, 0.5) is 10.2 Å². The zero-order valence-electron chi connectivity index (χ0n) is 19.9. The van der Waals surface area contributed by atoms with Crippen molar-refractivity contribution in [2.75, 3.05) is 11.9 Å². The first kappa shape index (κ1) is 23.9. The maximum atomic E-state index is 14.6. The van der Waals surface area contributed by atoms with E-state index in [0.717, 1.165) is 22.2 Å². The van der Waals surface area contributed by atoms with Gasteiger partial charge in [-0.1, -0.05) is 42.5 Å². The first-order valence-electron chi connectivity index (χ1n) is 11.9. The maximum Gasteiger partial charge on any atom is 0.294 e. The summed E-state index contributed by atoms with van der Waals surface area (Å²) in [6, 6.07) is 19.7. The number of nitrogens with zero attached hydrogens (tertiary/aromatic N) is 3. The summed E-state index contributed by atoms with van der Waals surface area (Å²) in [5.41, 5.74) is 2.75. The molecule has 37 heavy (non-hydrogen) atoms. The number of benzene rings is 2. The molecule has 0 aliphatic carbocycles. The Morgan fingerprint density at radius 2 is 1.84 bits per heavy atom. The van der Waals surface area contributed by atoms with Gasteiger partial charge in [-0.2, -0.15) is 0 Å². The number of carbonyl (C=O) groups is 1. The molecular weight excluding hydrogens is 471 g/mol. The second-order valence-corrected chi connectivity index (χ2v) is 8.56. The van der Waals surface area contributed by atoms with Gasteiger partial charge in [0, 0.05) is 41.1 Å². The Morgan fingerprint density at radius 3 is 2.65 bits per heavy atom. The van der Waals surface area contributed by atoms with Gasteiger partial charge in [-0.3, -0.25) is 19.1 Å². The molecular formula is C28H25FN6O2. The van der Waals surface area contributed by atoms with Crippen molar-refractivity contribution in [1.82, 2.24) is 24.8 Å². The molecule has 0 spiro atoms. The van der Waals surface area contributed by atoms with Gasteiger partial charge in [0.05, 0.1) is 18.4 Å². The fraction of sp³-hybridized carbons (Fsp3) is 0.143. The summed E-state index contributed by atoms with van der Waals surface area (Å²) in [6.45, 7) is 0.428. The van der Waals surface area contributed by atoms with Crippen LogP contribution in [0.1, 0.15) is 11.3 Å². The quantitative estimate of drug-likeness (QED) is 0.287. The number of hydrogen-bond acceptors (Lipinski definition) is 5. The van der Waals surface area contributed by atoms with E-state index in [9.17, 15) is 14.0 Å². The van der Waals surface area contributed by atoms with E-state index in [4.69, 9.17) is 0 Å². The number of pyridine rings is 1. The fourth-order valence-corrected chi connectivity index (χ4v) is 4.14. The number of anilines is 1. The lowest BCUT2D eigenvalue weighted by Crippen LogP contribution is -2.34. The Kier molecular flexibility index (Phi) is 7.02. The molecule has 0 bridgehead atoms. The minimum atomic E-state index is -0.505. The lowest BCUT2D eigenvalue weighted by molar-refractivity contribution is -0.121. The third-order valence-corrected chi connectivity index (χ3v) is 6.01. The molecule has 1 amide bonds. The van der Waals surface area contributed by atoms with Gasteiger partial charge in [-0.05, 0) is 36.2 Å². The average Bonchev–Trinajstić information content (AvgIpc) is 3.34. The van der Waals surface area contributed by atoms with Gasteiger partial charge in [0.1, 0.15) is 12.4 Å². The molecule has 8 nitrogen and oxygen atoms in total. The van der Waals surface area contributed by atoms with Crippen LogP contribution in [0.3, 0.4) is 0 Å². The highest BCUT2D eigenvalue weighted by atomic mass is 19.1. The number of aromatic amines is 1. The number of hydrogen-bond donors (Lipinski definition) is 3. The van der Waals surface area contributed by atoms with Crippen molar-refractivity contribution in [3.05, 3.63) is 113 Å². The van der Waals surface area contributed by atoms with Gasteiger partial charge in [0.2, 0.25) is 5.91 Å². The number of nitrogens with one attached hydrogen (secondary N) is 3. The Hall–Kier alpha value is -4.79. The predicted molar refractivity (Wildman–Crippen MR) is 140 cm³/mol. The number of aromatic nitrogens is 4. The monoisotopic (exact) mass is 496 g/mol. The first-order chi connectivity index (χ1) is 18.1. The molecule has 5 aromatic rings. The van der Waals surface area contributed by atoms with Gasteiger partial charge in [-0.15, -0.1) is 0 Å². The number of halogens is 1. The number of H-pyrrole nitrogens is 1. The summed E-state index contributed by atoms with van der Waals surface area (Å²) in [7, 11) is 0. The lowest BCUT2D eigenvalue weighted by Gasteiger charge is -2.15. The highest BCUT2D eigenvalue weighted by molar-refractivity contribution is 5.80. The number of rotatable bonds is 9. The van der Waals surface area contributed by atoms with Crippen LogP contribution >= 0.6 is 0 Å². The third kappa shape index (κ3) is 5.56. The molecule has 0 unspecified atom stereocenters. The van der Waals surface area contributed by atoms with E-state index in [-0.39, 0.29) is 30.2 Å². The van der Waals surface area contributed by atoms with Crippen LogP contribution < -0.4 is 16.2 Å². The Balaban J connectivity index is 1.36. The average molecular weight is 497 g/mol. The van der Waals surface area contributed by atoms with Crippen LogP contribution in [0.15, 0.2) is 90.1 Å². The minimum absolute atomic E-state index is 0.104. The highest BCUT2D eigenvalue weighted by Gasteiger charge is 2.17. The van der Waals surface area contributed by atoms with Crippen LogP contribution in [0.25, 0.3) is 22.2 Å². The summed E-state index contributed by atoms with van der Waals surface area (Å²) in [4.78, 5) is 37.8. The van der Waals surface area contributed by atoms with Crippen molar-refractivity contribution in [3.8, 4) is 11.3 Å². The summed E-state index contributed by atoms with van der Waals surface area (Å²) in [5, 5.41) is 6.82. The number of fused-ring (bicyclic) bond motifs is 1. The number of amides is 1. The molecule has 0 aliphatic rings. The van der Waals surface area contributed by atoms with E-state index >= 15 is 0 Å². The smallest absolute Gasteiger partial charge is 0.294 e. The van der Waals surface area contributed by atoms with Crippen molar-refractivity contribution >= 4 is 22.6 Å². The summed E-state index contributed by atoms with van der Waals surface area (Å²) in [6.07, 6.45) is 5.54. The maximum absolute atomic E-state index is 14.6. The normalized spacial score (nSPS) is 10.9. The van der Waals surface area contributed by atoms with E-state index in [1.54, 1.807) is 30.6 Å². The minimum Gasteiger partial charge on any atom is -0.365 e. The first-order valence-corrected chi connectivity index (χ1v) is 11.9. The van der Waals surface area contributed by atoms with Crippen LogP contribution in [0.5, 0.6) is 0 Å². The second kappa shape index (κ2) is 10.9. The Labute approximate surface area is 212 Å². The largest absolute Gasteiger partial charge is 0.365 e. The summed E-state index contributed by atoms with van der Waals surface area (Å²) < 4.78 is 15.9. The van der Waals surface area contributed by atoms with E-state index in [2.05, 4.69) is 25.6 Å². The van der Waals surface area contributed by atoms with Crippen molar-refractivity contribution in [3.63, 3.8) is 0 Å². The molecule has 186 valence electrons. The van der Waals surface area contributed by atoms with Gasteiger partial charge >= 0.3 is 0 Å².